The molecule has 0 unspecified atom stereocenters. The lowest BCUT2D eigenvalue weighted by atomic mass is 10.1. The molecule has 0 atom stereocenters. The van der Waals surface area contributed by atoms with E-state index >= 15 is 0 Å². The number of imide groups is 1. The molecule has 1 fully saturated rings. The summed E-state index contributed by atoms with van der Waals surface area (Å²) in [7, 11) is 0. The van der Waals surface area contributed by atoms with Crippen LogP contribution in [0, 0.1) is 20.2 Å². The van der Waals surface area contributed by atoms with Gasteiger partial charge in [0, 0.05) is 24.3 Å². The van der Waals surface area contributed by atoms with Crippen LogP contribution in [0.1, 0.15) is 16.7 Å². The van der Waals surface area contributed by atoms with Crippen molar-refractivity contribution in [2.45, 2.75) is 13.2 Å². The van der Waals surface area contributed by atoms with Gasteiger partial charge in [0.2, 0.25) is 0 Å². The van der Waals surface area contributed by atoms with Gasteiger partial charge in [-0.05, 0) is 58.8 Å². The Labute approximate surface area is 223 Å². The maximum absolute atomic E-state index is 12.9. The van der Waals surface area contributed by atoms with Gasteiger partial charge in [0.1, 0.15) is 6.61 Å². The molecule has 1 aliphatic rings. The summed E-state index contributed by atoms with van der Waals surface area (Å²) in [5, 5.41) is 21.6. The van der Waals surface area contributed by atoms with Crippen molar-refractivity contribution in [3.63, 3.8) is 0 Å². The van der Waals surface area contributed by atoms with Crippen LogP contribution in [0.2, 0.25) is 10.0 Å². The van der Waals surface area contributed by atoms with Crippen molar-refractivity contribution >= 4 is 63.6 Å². The first kappa shape index (κ1) is 26.1. The molecule has 188 valence electrons. The van der Waals surface area contributed by atoms with Crippen LogP contribution in [-0.4, -0.2) is 25.9 Å². The Balaban J connectivity index is 1.47. The van der Waals surface area contributed by atoms with E-state index in [1.54, 1.807) is 18.2 Å². The van der Waals surface area contributed by atoms with Crippen LogP contribution in [0.5, 0.6) is 5.75 Å². The van der Waals surface area contributed by atoms with Crippen molar-refractivity contribution < 1.29 is 24.2 Å². The second-order valence-corrected chi connectivity index (χ2v) is 9.53. The first-order chi connectivity index (χ1) is 17.6. The lowest BCUT2D eigenvalue weighted by Gasteiger charge is -2.12. The van der Waals surface area contributed by atoms with Gasteiger partial charge in [0.15, 0.2) is 5.75 Å². The smallest absolute Gasteiger partial charge is 0.293 e. The topological polar surface area (TPSA) is 133 Å². The third kappa shape index (κ3) is 6.08. The summed E-state index contributed by atoms with van der Waals surface area (Å²) >= 11 is 13.4. The van der Waals surface area contributed by atoms with E-state index in [1.807, 2.05) is 0 Å². The van der Waals surface area contributed by atoms with E-state index in [1.165, 1.54) is 48.5 Å². The SMILES string of the molecule is O=C1S/C(=C/c2cc(Cl)c(OCc3ccc([N+](=O)[O-])cc3)c(Cl)c2)C(=O)N1Cc1cccc([N+](=O)[O-])c1. The standard InChI is InChI=1S/C24H15Cl2N3O7S/c25-19-9-16(10-20(26)22(19)36-13-14-4-6-17(7-5-14)28(32)33)11-21-23(30)27(24(31)37-21)12-15-2-1-3-18(8-15)29(34)35/h1-11H,12-13H2/b21-11+. The normalized spacial score (nSPS) is 14.3. The number of ether oxygens (including phenoxy) is 1. The average Bonchev–Trinajstić information content (AvgIpc) is 3.11. The second-order valence-electron chi connectivity index (χ2n) is 7.72. The van der Waals surface area contributed by atoms with Gasteiger partial charge in [0.25, 0.3) is 22.5 Å². The third-order valence-corrected chi connectivity index (χ3v) is 6.65. The molecule has 1 heterocycles. The van der Waals surface area contributed by atoms with Gasteiger partial charge in [-0.25, -0.2) is 0 Å². The Kier molecular flexibility index (Phi) is 7.77. The Hall–Kier alpha value is -3.93. The van der Waals surface area contributed by atoms with E-state index in [4.69, 9.17) is 27.9 Å². The summed E-state index contributed by atoms with van der Waals surface area (Å²) in [5.41, 5.74) is 1.38. The number of carbonyl (C=O) groups excluding carboxylic acids is 2. The number of hydrogen-bond acceptors (Lipinski definition) is 8. The van der Waals surface area contributed by atoms with Crippen molar-refractivity contribution in [3.05, 3.63) is 113 Å². The van der Waals surface area contributed by atoms with Crippen molar-refractivity contribution in [2.24, 2.45) is 0 Å². The summed E-state index contributed by atoms with van der Waals surface area (Å²) < 4.78 is 5.69. The zero-order valence-electron chi connectivity index (χ0n) is 18.6. The molecule has 0 radical (unpaired) electrons. The highest BCUT2D eigenvalue weighted by Crippen LogP contribution is 2.38. The van der Waals surface area contributed by atoms with Gasteiger partial charge in [-0.3, -0.25) is 34.7 Å². The Morgan fingerprint density at radius 1 is 0.892 bits per heavy atom. The van der Waals surface area contributed by atoms with Gasteiger partial charge in [0.05, 0.1) is 31.3 Å². The van der Waals surface area contributed by atoms with E-state index in [9.17, 15) is 29.8 Å². The van der Waals surface area contributed by atoms with Crippen molar-refractivity contribution in [1.82, 2.24) is 4.90 Å². The molecule has 0 saturated carbocycles. The number of nitro benzene ring substituents is 2. The number of nitro groups is 2. The van der Waals surface area contributed by atoms with Crippen LogP contribution in [0.15, 0.2) is 65.6 Å². The summed E-state index contributed by atoms with van der Waals surface area (Å²) in [6.07, 6.45) is 1.47. The van der Waals surface area contributed by atoms with Crippen molar-refractivity contribution in [3.8, 4) is 5.75 Å². The number of rotatable bonds is 8. The number of halogens is 2. The van der Waals surface area contributed by atoms with Gasteiger partial charge in [-0.15, -0.1) is 0 Å². The maximum atomic E-state index is 12.9. The van der Waals surface area contributed by atoms with E-state index in [0.29, 0.717) is 16.7 Å². The monoisotopic (exact) mass is 559 g/mol. The number of carbonyl (C=O) groups is 2. The van der Waals surface area contributed by atoms with Crippen LogP contribution >= 0.6 is 35.0 Å². The molecule has 0 N–H and O–H groups in total. The number of benzene rings is 3. The zero-order valence-corrected chi connectivity index (χ0v) is 21.0. The minimum absolute atomic E-state index is 0.0429. The Morgan fingerprint density at radius 3 is 2.16 bits per heavy atom. The fourth-order valence-corrected chi connectivity index (χ4v) is 4.86. The molecular weight excluding hydrogens is 545 g/mol. The second kappa shape index (κ2) is 11.0. The Morgan fingerprint density at radius 2 is 1.54 bits per heavy atom. The van der Waals surface area contributed by atoms with Crippen LogP contribution in [-0.2, 0) is 17.9 Å². The van der Waals surface area contributed by atoms with E-state index in [-0.39, 0.29) is 45.2 Å². The van der Waals surface area contributed by atoms with E-state index in [2.05, 4.69) is 0 Å². The first-order valence-corrected chi connectivity index (χ1v) is 12.0. The molecule has 0 aliphatic carbocycles. The zero-order chi connectivity index (χ0) is 26.7. The molecule has 3 aromatic carbocycles. The predicted molar refractivity (Wildman–Crippen MR) is 139 cm³/mol. The molecule has 13 heteroatoms. The molecule has 0 bridgehead atoms. The van der Waals surface area contributed by atoms with Crippen molar-refractivity contribution in [2.75, 3.05) is 0 Å². The lowest BCUT2D eigenvalue weighted by molar-refractivity contribution is -0.385. The highest BCUT2D eigenvalue weighted by molar-refractivity contribution is 8.18. The quantitative estimate of drug-likeness (QED) is 0.170. The largest absolute Gasteiger partial charge is 0.486 e. The lowest BCUT2D eigenvalue weighted by Crippen LogP contribution is -2.27. The minimum Gasteiger partial charge on any atom is -0.486 e. The number of thioether (sulfide) groups is 1. The number of amides is 2. The number of nitrogens with zero attached hydrogens (tertiary/aromatic N) is 3. The van der Waals surface area contributed by atoms with Gasteiger partial charge in [-0.2, -0.15) is 0 Å². The molecule has 3 aromatic rings. The van der Waals surface area contributed by atoms with Gasteiger partial charge in [-0.1, -0.05) is 35.3 Å². The molecule has 1 saturated heterocycles. The third-order valence-electron chi connectivity index (χ3n) is 5.18. The molecule has 0 spiro atoms. The number of non-ortho nitro benzene ring substituents is 2. The summed E-state index contributed by atoms with van der Waals surface area (Å²) in [4.78, 5) is 47.2. The van der Waals surface area contributed by atoms with E-state index < -0.39 is 21.0 Å². The average molecular weight is 560 g/mol. The highest BCUT2D eigenvalue weighted by Gasteiger charge is 2.35. The fraction of sp³-hybridized carbons (Fsp3) is 0.0833. The molecule has 1 aliphatic heterocycles. The molecule has 10 nitrogen and oxygen atoms in total. The summed E-state index contributed by atoms with van der Waals surface area (Å²) in [6, 6.07) is 14.6. The predicted octanol–water partition coefficient (Wildman–Crippen LogP) is 6.63. The molecule has 37 heavy (non-hydrogen) atoms. The molecule has 2 amide bonds. The molecular formula is C24H15Cl2N3O7S. The van der Waals surface area contributed by atoms with Gasteiger partial charge < -0.3 is 4.74 Å². The summed E-state index contributed by atoms with van der Waals surface area (Å²) in [5.74, 6) is -0.357. The van der Waals surface area contributed by atoms with E-state index in [0.717, 1.165) is 16.7 Å². The molecule has 4 rings (SSSR count). The maximum Gasteiger partial charge on any atom is 0.293 e. The van der Waals surface area contributed by atoms with Crippen LogP contribution in [0.25, 0.3) is 6.08 Å². The highest BCUT2D eigenvalue weighted by atomic mass is 35.5. The summed E-state index contributed by atoms with van der Waals surface area (Å²) in [6.45, 7) is -0.0477. The Bertz CT molecular complexity index is 1440. The fourth-order valence-electron chi connectivity index (χ4n) is 3.41. The minimum atomic E-state index is -0.552. The van der Waals surface area contributed by atoms with Crippen molar-refractivity contribution in [1.29, 1.82) is 0 Å². The van der Waals surface area contributed by atoms with Gasteiger partial charge >= 0.3 is 0 Å². The van der Waals surface area contributed by atoms with Crippen LogP contribution < -0.4 is 4.74 Å². The molecule has 0 aromatic heterocycles. The van der Waals surface area contributed by atoms with Crippen LogP contribution in [0.3, 0.4) is 0 Å². The number of hydrogen-bond donors (Lipinski definition) is 0. The first-order valence-electron chi connectivity index (χ1n) is 10.5. The van der Waals surface area contributed by atoms with Crippen LogP contribution in [0.4, 0.5) is 16.2 Å².